The molecule has 0 spiro atoms. The number of hydrogen-bond donors (Lipinski definition) is 3. The minimum absolute atomic E-state index is 0.0986. The summed E-state index contributed by atoms with van der Waals surface area (Å²) in [5, 5.41) is 13.2. The van der Waals surface area contributed by atoms with Crippen LogP contribution in [-0.4, -0.2) is 50.7 Å². The van der Waals surface area contributed by atoms with Crippen LogP contribution in [0.1, 0.15) is 48.8 Å². The average Bonchev–Trinajstić information content (AvgIpc) is 3.70. The number of carbonyl (C=O) groups excluding carboxylic acids is 2. The van der Waals surface area contributed by atoms with Crippen LogP contribution < -0.4 is 16.3 Å². The van der Waals surface area contributed by atoms with E-state index in [0.29, 0.717) is 52.9 Å². The molecule has 6 rings (SSSR count). The monoisotopic (exact) mass is 544 g/mol. The fraction of sp³-hybridized carbons (Fsp3) is 0.296. The van der Waals surface area contributed by atoms with Gasteiger partial charge < -0.3 is 14.6 Å². The number of hydrogen-bond acceptors (Lipinski definition) is 10. The fourth-order valence-electron chi connectivity index (χ4n) is 5.15. The lowest BCUT2D eigenvalue weighted by Gasteiger charge is -2.38. The lowest BCUT2D eigenvalue weighted by atomic mass is 9.86. The van der Waals surface area contributed by atoms with E-state index in [0.717, 1.165) is 18.7 Å². The van der Waals surface area contributed by atoms with Crippen LogP contribution in [0.25, 0.3) is 22.6 Å². The molecule has 3 aromatic heterocycles. The zero-order valence-electron chi connectivity index (χ0n) is 21.5. The molecule has 2 amide bonds. The summed E-state index contributed by atoms with van der Waals surface area (Å²) in [7, 11) is 0. The SMILES string of the molecule is CC(=O)Nc1ccc2oc(-c3ccnc(C(=O)N4CCC(C(c5ccsc5)N5NN=C(C)N5)CC4)c3)nc2c1. The molecule has 4 aromatic rings. The lowest BCUT2D eigenvalue weighted by Crippen LogP contribution is -2.49. The average molecular weight is 545 g/mol. The van der Waals surface area contributed by atoms with Crippen molar-refractivity contribution < 1.29 is 14.0 Å². The molecule has 11 nitrogen and oxygen atoms in total. The molecule has 1 fully saturated rings. The molecule has 0 aliphatic carbocycles. The van der Waals surface area contributed by atoms with Crippen LogP contribution in [0.3, 0.4) is 0 Å². The molecule has 39 heavy (non-hydrogen) atoms. The second-order valence-corrected chi connectivity index (χ2v) is 10.5. The molecule has 3 N–H and O–H groups in total. The zero-order chi connectivity index (χ0) is 26.9. The highest BCUT2D eigenvalue weighted by molar-refractivity contribution is 7.08. The molecule has 12 heteroatoms. The maximum atomic E-state index is 13.4. The third-order valence-electron chi connectivity index (χ3n) is 6.98. The van der Waals surface area contributed by atoms with Crippen molar-refractivity contribution in [1.82, 2.24) is 30.9 Å². The van der Waals surface area contributed by atoms with E-state index in [1.165, 1.54) is 12.5 Å². The Morgan fingerprint density at radius 2 is 2.03 bits per heavy atom. The van der Waals surface area contributed by atoms with E-state index >= 15 is 0 Å². The Balaban J connectivity index is 1.15. The largest absolute Gasteiger partial charge is 0.436 e. The Labute approximate surface area is 228 Å². The van der Waals surface area contributed by atoms with E-state index in [4.69, 9.17) is 4.42 Å². The normalized spacial score (nSPS) is 17.0. The molecule has 2 aliphatic heterocycles. The van der Waals surface area contributed by atoms with Crippen LogP contribution >= 0.6 is 11.3 Å². The van der Waals surface area contributed by atoms with E-state index < -0.39 is 0 Å². The number of likely N-dealkylation sites (tertiary alicyclic amines) is 1. The van der Waals surface area contributed by atoms with Crippen LogP contribution in [0, 0.1) is 5.92 Å². The van der Waals surface area contributed by atoms with E-state index in [-0.39, 0.29) is 17.9 Å². The van der Waals surface area contributed by atoms with Crippen molar-refractivity contribution in [3.05, 3.63) is 64.6 Å². The van der Waals surface area contributed by atoms with Gasteiger partial charge in [0.1, 0.15) is 17.0 Å². The molecular formula is C27H28N8O3S. The Morgan fingerprint density at radius 1 is 1.18 bits per heavy atom. The van der Waals surface area contributed by atoms with Gasteiger partial charge in [0.25, 0.3) is 5.91 Å². The highest BCUT2D eigenvalue weighted by atomic mass is 32.1. The van der Waals surface area contributed by atoms with Gasteiger partial charge in [-0.05, 0) is 78.4 Å². The summed E-state index contributed by atoms with van der Waals surface area (Å²) in [5.41, 5.74) is 10.5. The van der Waals surface area contributed by atoms with Crippen molar-refractivity contribution in [3.8, 4) is 11.5 Å². The van der Waals surface area contributed by atoms with Crippen LogP contribution in [-0.2, 0) is 4.79 Å². The number of nitrogens with zero attached hydrogens (tertiary/aromatic N) is 5. The van der Waals surface area contributed by atoms with Crippen LogP contribution in [0.2, 0.25) is 0 Å². The second kappa shape index (κ2) is 10.5. The maximum absolute atomic E-state index is 13.4. The van der Waals surface area contributed by atoms with Crippen LogP contribution in [0.15, 0.2) is 62.9 Å². The number of carbonyl (C=O) groups is 2. The van der Waals surface area contributed by atoms with E-state index in [9.17, 15) is 9.59 Å². The Kier molecular flexibility index (Phi) is 6.71. The number of nitrogens with one attached hydrogen (secondary N) is 3. The highest BCUT2D eigenvalue weighted by Gasteiger charge is 2.35. The first kappa shape index (κ1) is 25.0. The smallest absolute Gasteiger partial charge is 0.272 e. The van der Waals surface area contributed by atoms with E-state index in [1.807, 2.05) is 16.9 Å². The molecule has 200 valence electrons. The number of amidine groups is 1. The molecule has 2 aliphatic rings. The first-order valence-corrected chi connectivity index (χ1v) is 13.7. The van der Waals surface area contributed by atoms with Crippen molar-refractivity contribution in [2.75, 3.05) is 18.4 Å². The summed E-state index contributed by atoms with van der Waals surface area (Å²) in [4.78, 5) is 35.6. The quantitative estimate of drug-likeness (QED) is 0.330. The van der Waals surface area contributed by atoms with Gasteiger partial charge in [-0.1, -0.05) is 0 Å². The number of fused-ring (bicyclic) bond motifs is 1. The third-order valence-corrected chi connectivity index (χ3v) is 7.68. The zero-order valence-corrected chi connectivity index (χ0v) is 22.4. The van der Waals surface area contributed by atoms with Gasteiger partial charge in [-0.2, -0.15) is 11.3 Å². The number of thiophene rings is 1. The van der Waals surface area contributed by atoms with Gasteiger partial charge >= 0.3 is 0 Å². The number of piperidine rings is 1. The molecule has 0 bridgehead atoms. The minimum Gasteiger partial charge on any atom is -0.436 e. The Hall–Kier alpha value is -4.29. The van der Waals surface area contributed by atoms with Crippen LogP contribution in [0.5, 0.6) is 0 Å². The minimum atomic E-state index is -0.158. The lowest BCUT2D eigenvalue weighted by molar-refractivity contribution is -0.114. The molecule has 0 saturated carbocycles. The number of aromatic nitrogens is 2. The van der Waals surface area contributed by atoms with Crippen molar-refractivity contribution in [1.29, 1.82) is 0 Å². The number of amides is 2. The van der Waals surface area contributed by atoms with Crippen LogP contribution in [0.4, 0.5) is 5.69 Å². The number of anilines is 1. The summed E-state index contributed by atoms with van der Waals surface area (Å²) in [6, 6.07) is 11.0. The molecular weight excluding hydrogens is 516 g/mol. The van der Waals surface area contributed by atoms with Gasteiger partial charge in [0.05, 0.1) is 6.04 Å². The van der Waals surface area contributed by atoms with Gasteiger partial charge in [0, 0.05) is 37.5 Å². The summed E-state index contributed by atoms with van der Waals surface area (Å²) in [5.74, 6) is 1.28. The number of hydrazine groups is 2. The molecule has 0 radical (unpaired) electrons. The number of pyridine rings is 1. The standard InChI is InChI=1S/C27H28N8O3S/c1-16-31-33-35(32-16)25(20-8-12-39-15-20)18-6-10-34(11-7-18)27(37)23-13-19(5-9-28-23)26-30-22-14-21(29-17(2)36)3-4-24(22)38-26/h3-5,8-9,12-15,18,25,33H,6-7,10-11H2,1-2H3,(H,29,36)(H,31,32). The van der Waals surface area contributed by atoms with Gasteiger partial charge in [-0.3, -0.25) is 20.0 Å². The number of rotatable bonds is 6. The molecule has 5 heterocycles. The number of hydrazone groups is 1. The summed E-state index contributed by atoms with van der Waals surface area (Å²) >= 11 is 1.68. The van der Waals surface area contributed by atoms with E-state index in [2.05, 4.69) is 48.2 Å². The number of benzene rings is 1. The van der Waals surface area contributed by atoms with Crippen molar-refractivity contribution in [3.63, 3.8) is 0 Å². The number of oxazole rings is 1. The van der Waals surface area contributed by atoms with E-state index in [1.54, 1.807) is 47.9 Å². The molecule has 1 saturated heterocycles. The third kappa shape index (κ3) is 5.20. The van der Waals surface area contributed by atoms with Gasteiger partial charge in [0.2, 0.25) is 11.8 Å². The summed E-state index contributed by atoms with van der Waals surface area (Å²) in [6.45, 7) is 4.65. The first-order valence-electron chi connectivity index (χ1n) is 12.8. The Bertz CT molecular complexity index is 1540. The topological polar surface area (TPSA) is 128 Å². The molecule has 1 aromatic carbocycles. The summed E-state index contributed by atoms with van der Waals surface area (Å²) < 4.78 is 5.92. The van der Waals surface area contributed by atoms with Crippen molar-refractivity contribution >= 4 is 45.8 Å². The maximum Gasteiger partial charge on any atom is 0.272 e. The fourth-order valence-corrected chi connectivity index (χ4v) is 5.84. The van der Waals surface area contributed by atoms with Gasteiger partial charge in [0.15, 0.2) is 5.58 Å². The van der Waals surface area contributed by atoms with Crippen molar-refractivity contribution in [2.45, 2.75) is 32.7 Å². The van der Waals surface area contributed by atoms with Crippen molar-refractivity contribution in [2.24, 2.45) is 11.0 Å². The first-order chi connectivity index (χ1) is 18.9. The Morgan fingerprint density at radius 3 is 2.74 bits per heavy atom. The molecule has 1 unspecified atom stereocenters. The molecule has 1 atom stereocenters. The summed E-state index contributed by atoms with van der Waals surface area (Å²) in [6.07, 6.45) is 3.31. The van der Waals surface area contributed by atoms with Gasteiger partial charge in [-0.15, -0.1) is 10.2 Å². The second-order valence-electron chi connectivity index (χ2n) is 9.72. The highest BCUT2D eigenvalue weighted by Crippen LogP contribution is 2.36. The predicted octanol–water partition coefficient (Wildman–Crippen LogP) is 4.16. The predicted molar refractivity (Wildman–Crippen MR) is 148 cm³/mol. The van der Waals surface area contributed by atoms with Gasteiger partial charge in [-0.25, -0.2) is 10.5 Å².